The summed E-state index contributed by atoms with van der Waals surface area (Å²) < 4.78 is 12.8. The van der Waals surface area contributed by atoms with E-state index in [1.807, 2.05) is 42.5 Å². The monoisotopic (exact) mass is 497 g/mol. The average molecular weight is 498 g/mol. The van der Waals surface area contributed by atoms with E-state index < -0.39 is 5.56 Å². The van der Waals surface area contributed by atoms with Crippen molar-refractivity contribution in [2.45, 2.75) is 42.9 Å². The van der Waals surface area contributed by atoms with Crippen LogP contribution in [0.5, 0.6) is 17.4 Å². The van der Waals surface area contributed by atoms with E-state index >= 15 is 0 Å². The van der Waals surface area contributed by atoms with Crippen LogP contribution in [0.15, 0.2) is 57.1 Å². The minimum atomic E-state index is -0.446. The number of unbranched alkanes of at least 4 members (excludes halogenated alkanes) is 1. The quantitative estimate of drug-likeness (QED) is 0.402. The first-order valence-electron chi connectivity index (χ1n) is 11.1. The molecule has 0 amide bonds. The molecule has 2 heterocycles. The second-order valence-corrected chi connectivity index (χ2v) is 9.54. The number of aliphatic imine (C=N–C) groups is 1. The number of aromatic nitrogens is 2. The number of rotatable bonds is 7. The van der Waals surface area contributed by atoms with Gasteiger partial charge in [0.2, 0.25) is 5.88 Å². The predicted molar refractivity (Wildman–Crippen MR) is 138 cm³/mol. The molecule has 1 aromatic heterocycles. The first-order chi connectivity index (χ1) is 16.5. The van der Waals surface area contributed by atoms with Crippen LogP contribution in [-0.2, 0) is 6.54 Å². The van der Waals surface area contributed by atoms with Gasteiger partial charge in [0.15, 0.2) is 4.77 Å². The number of aromatic amines is 1. The summed E-state index contributed by atoms with van der Waals surface area (Å²) in [7, 11) is 3.24. The normalized spacial score (nSPS) is 15.3. The molecular formula is C25H27N3O4S2. The Bertz CT molecular complexity index is 1350. The third-order valence-corrected chi connectivity index (χ3v) is 7.38. The van der Waals surface area contributed by atoms with Gasteiger partial charge in [0.1, 0.15) is 17.1 Å². The fourth-order valence-corrected chi connectivity index (χ4v) is 5.50. The number of hydrogen-bond donors (Lipinski definition) is 2. The van der Waals surface area contributed by atoms with Crippen molar-refractivity contribution >= 4 is 35.4 Å². The first kappa shape index (κ1) is 24.1. The van der Waals surface area contributed by atoms with Crippen LogP contribution in [0.4, 0.5) is 5.69 Å². The molecule has 1 atom stereocenters. The molecule has 2 N–H and O–H groups in total. The number of thioether (sulfide) groups is 1. The van der Waals surface area contributed by atoms with Gasteiger partial charge in [-0.3, -0.25) is 19.3 Å². The van der Waals surface area contributed by atoms with Crippen LogP contribution in [0.25, 0.3) is 0 Å². The molecule has 9 heteroatoms. The zero-order valence-electron chi connectivity index (χ0n) is 19.3. The highest BCUT2D eigenvalue weighted by atomic mass is 32.2. The van der Waals surface area contributed by atoms with Crippen LogP contribution in [0.1, 0.15) is 42.6 Å². The van der Waals surface area contributed by atoms with Crippen molar-refractivity contribution in [2.75, 3.05) is 14.2 Å². The van der Waals surface area contributed by atoms with Crippen LogP contribution >= 0.6 is 24.0 Å². The maximum absolute atomic E-state index is 13.0. The molecule has 0 unspecified atom stereocenters. The van der Waals surface area contributed by atoms with E-state index in [-0.39, 0.29) is 21.5 Å². The molecule has 4 rings (SSSR count). The Balaban J connectivity index is 1.88. The Hall–Kier alpha value is -3.04. The van der Waals surface area contributed by atoms with Crippen LogP contribution in [0.3, 0.4) is 0 Å². The summed E-state index contributed by atoms with van der Waals surface area (Å²) in [6.07, 6.45) is 2.16. The molecule has 0 bridgehead atoms. The summed E-state index contributed by atoms with van der Waals surface area (Å²) in [4.78, 5) is 21.6. The highest BCUT2D eigenvalue weighted by molar-refractivity contribution is 7.99. The topological polar surface area (TPSA) is 88.8 Å². The van der Waals surface area contributed by atoms with Crippen molar-refractivity contribution in [1.82, 2.24) is 9.55 Å². The van der Waals surface area contributed by atoms with E-state index in [0.717, 1.165) is 29.0 Å². The van der Waals surface area contributed by atoms with E-state index in [9.17, 15) is 9.90 Å². The minimum absolute atomic E-state index is 0.116. The Morgan fingerprint density at radius 3 is 2.76 bits per heavy atom. The number of para-hydroxylation sites is 1. The fourth-order valence-electron chi connectivity index (χ4n) is 3.97. The summed E-state index contributed by atoms with van der Waals surface area (Å²) in [6.45, 7) is 2.57. The molecule has 0 saturated carbocycles. The zero-order valence-corrected chi connectivity index (χ0v) is 21.0. The van der Waals surface area contributed by atoms with Crippen LogP contribution in [-0.4, -0.2) is 34.6 Å². The number of fused-ring (bicyclic) bond motifs is 1. The van der Waals surface area contributed by atoms with Gasteiger partial charge < -0.3 is 14.6 Å². The number of hydrogen-bond acceptors (Lipinski definition) is 7. The van der Waals surface area contributed by atoms with E-state index in [4.69, 9.17) is 26.7 Å². The van der Waals surface area contributed by atoms with Gasteiger partial charge in [-0.25, -0.2) is 0 Å². The van der Waals surface area contributed by atoms with Gasteiger partial charge in [-0.05, 0) is 36.8 Å². The molecule has 0 spiro atoms. The molecule has 2 aromatic carbocycles. The number of nitrogens with one attached hydrogen (secondary N) is 1. The highest BCUT2D eigenvalue weighted by Crippen LogP contribution is 2.48. The van der Waals surface area contributed by atoms with Crippen molar-refractivity contribution in [1.29, 1.82) is 0 Å². The van der Waals surface area contributed by atoms with Gasteiger partial charge >= 0.3 is 0 Å². The molecule has 0 aliphatic carbocycles. The first-order valence-corrected chi connectivity index (χ1v) is 12.4. The Morgan fingerprint density at radius 2 is 2.03 bits per heavy atom. The molecule has 0 saturated heterocycles. The van der Waals surface area contributed by atoms with Crippen molar-refractivity contribution in [3.05, 3.63) is 68.7 Å². The maximum atomic E-state index is 13.0. The van der Waals surface area contributed by atoms with Gasteiger partial charge in [0.05, 0.1) is 25.6 Å². The largest absolute Gasteiger partial charge is 0.497 e. The van der Waals surface area contributed by atoms with Crippen molar-refractivity contribution < 1.29 is 14.6 Å². The molecule has 1 aliphatic rings. The summed E-state index contributed by atoms with van der Waals surface area (Å²) in [6, 6.07) is 13.5. The van der Waals surface area contributed by atoms with Crippen LogP contribution in [0, 0.1) is 4.77 Å². The predicted octanol–water partition coefficient (Wildman–Crippen LogP) is 5.79. The third kappa shape index (κ3) is 4.76. The summed E-state index contributed by atoms with van der Waals surface area (Å²) in [5, 5.41) is 11.0. The lowest BCUT2D eigenvalue weighted by atomic mass is 10.0. The summed E-state index contributed by atoms with van der Waals surface area (Å²) in [5.41, 5.74) is 1.91. The number of benzene rings is 2. The Kier molecular flexibility index (Phi) is 7.43. The molecular weight excluding hydrogens is 470 g/mol. The minimum Gasteiger partial charge on any atom is -0.497 e. The number of ether oxygens (including phenoxy) is 2. The lowest BCUT2D eigenvalue weighted by molar-refractivity contribution is 0.391. The number of methoxy groups -OCH3 is 2. The second-order valence-electron chi connectivity index (χ2n) is 7.91. The van der Waals surface area contributed by atoms with Gasteiger partial charge in [-0.1, -0.05) is 31.5 Å². The van der Waals surface area contributed by atoms with E-state index in [1.54, 1.807) is 30.5 Å². The third-order valence-electron chi connectivity index (χ3n) is 5.75. The summed E-state index contributed by atoms with van der Waals surface area (Å²) >= 11 is 6.97. The number of nitrogens with zero attached hydrogens (tertiary/aromatic N) is 2. The molecule has 3 aromatic rings. The van der Waals surface area contributed by atoms with E-state index in [0.29, 0.717) is 30.2 Å². The van der Waals surface area contributed by atoms with Gasteiger partial charge in [-0.15, -0.1) is 11.8 Å². The lowest BCUT2D eigenvalue weighted by Gasteiger charge is -2.20. The van der Waals surface area contributed by atoms with Gasteiger partial charge in [-0.2, -0.15) is 0 Å². The highest BCUT2D eigenvalue weighted by Gasteiger charge is 2.28. The molecule has 7 nitrogen and oxygen atoms in total. The Labute approximate surface area is 207 Å². The van der Waals surface area contributed by atoms with Gasteiger partial charge in [0.25, 0.3) is 5.56 Å². The van der Waals surface area contributed by atoms with Crippen molar-refractivity contribution in [3.63, 3.8) is 0 Å². The molecule has 1 aliphatic heterocycles. The number of H-pyrrole nitrogens is 1. The average Bonchev–Trinajstić information content (AvgIpc) is 3.02. The smallest absolute Gasteiger partial charge is 0.264 e. The Morgan fingerprint density at radius 1 is 1.24 bits per heavy atom. The van der Waals surface area contributed by atoms with Crippen LogP contribution < -0.4 is 15.0 Å². The zero-order chi connectivity index (χ0) is 24.2. The molecule has 0 radical (unpaired) electrons. The second kappa shape index (κ2) is 10.5. The fraction of sp³-hybridized carbons (Fsp3) is 0.320. The van der Waals surface area contributed by atoms with Crippen molar-refractivity contribution in [3.8, 4) is 17.4 Å². The van der Waals surface area contributed by atoms with E-state index in [1.165, 1.54) is 0 Å². The van der Waals surface area contributed by atoms with E-state index in [2.05, 4.69) is 11.9 Å². The van der Waals surface area contributed by atoms with Crippen LogP contribution in [0.2, 0.25) is 0 Å². The van der Waals surface area contributed by atoms with Crippen molar-refractivity contribution in [2.24, 2.45) is 4.99 Å². The SMILES string of the molecule is CCCCn1c(O)c(C2=Nc3ccccc3S[C@H](c3ccc(OC)cc3OC)C2)c(=O)[nH]c1=S. The molecule has 178 valence electrons. The number of aromatic hydroxyl groups is 1. The van der Waals surface area contributed by atoms with Gasteiger partial charge in [0, 0.05) is 34.7 Å². The molecule has 0 fully saturated rings. The maximum Gasteiger partial charge on any atom is 0.264 e. The summed E-state index contributed by atoms with van der Waals surface area (Å²) in [5.74, 6) is 1.24. The molecule has 34 heavy (non-hydrogen) atoms. The lowest BCUT2D eigenvalue weighted by Crippen LogP contribution is -2.24. The standard InChI is InChI=1S/C25H27N3O4S2/c1-4-5-12-28-24(30)22(23(29)27-25(28)33)18-14-21(34-20-9-7-6-8-17(20)26-18)16-11-10-15(31-2)13-19(16)32-3/h6-11,13,21,30H,4-5,12,14H2,1-3H3,(H,27,29,33)/t21-/m0/s1.